The Morgan fingerprint density at radius 2 is 2.00 bits per heavy atom. The molecule has 0 aliphatic rings. The maximum atomic E-state index is 14.5. The van der Waals surface area contributed by atoms with Gasteiger partial charge in [0.1, 0.15) is 11.9 Å². The second kappa shape index (κ2) is 7.38. The van der Waals surface area contributed by atoms with E-state index in [1.54, 1.807) is 29.8 Å². The molecule has 7 heteroatoms. The highest BCUT2D eigenvalue weighted by atomic mass is 32.2. The van der Waals surface area contributed by atoms with E-state index < -0.39 is 15.8 Å². The summed E-state index contributed by atoms with van der Waals surface area (Å²) < 4.78 is 43.8. The first-order valence-corrected chi connectivity index (χ1v) is 10.4. The summed E-state index contributed by atoms with van der Waals surface area (Å²) in [6.07, 6.45) is 1.62. The normalized spacial score (nSPS) is 12.9. The molecule has 0 amide bonds. The van der Waals surface area contributed by atoms with Crippen LogP contribution in [0.5, 0.6) is 0 Å². The van der Waals surface area contributed by atoms with Gasteiger partial charge in [0.25, 0.3) is 0 Å². The Hall–Kier alpha value is -2.69. The first-order chi connectivity index (χ1) is 13.2. The lowest BCUT2D eigenvalue weighted by Crippen LogP contribution is -2.23. The molecule has 1 N–H and O–H groups in total. The minimum absolute atomic E-state index is 0.224. The minimum atomic E-state index is -3.65. The molecule has 0 spiro atoms. The molecule has 0 fully saturated rings. The zero-order valence-corrected chi connectivity index (χ0v) is 17.1. The van der Waals surface area contributed by atoms with Crippen molar-refractivity contribution in [2.75, 3.05) is 7.05 Å². The topological polar surface area (TPSA) is 74.9 Å². The SMILES string of the molecule is CNS(=O)(=O)c1c(C)cc(C)cc1[C@H](C)Cn1cc(C#N)c2cccc(F)c21. The molecule has 3 rings (SSSR count). The van der Waals surface area contributed by atoms with Gasteiger partial charge in [-0.05, 0) is 38.1 Å². The molecule has 146 valence electrons. The van der Waals surface area contributed by atoms with Crippen molar-refractivity contribution in [3.63, 3.8) is 0 Å². The molecule has 28 heavy (non-hydrogen) atoms. The van der Waals surface area contributed by atoms with Crippen LogP contribution in [0.4, 0.5) is 4.39 Å². The largest absolute Gasteiger partial charge is 0.343 e. The van der Waals surface area contributed by atoms with Gasteiger partial charge < -0.3 is 4.57 Å². The number of halogens is 1. The van der Waals surface area contributed by atoms with Gasteiger partial charge in [0.2, 0.25) is 10.0 Å². The van der Waals surface area contributed by atoms with Gasteiger partial charge in [0.05, 0.1) is 16.0 Å². The summed E-state index contributed by atoms with van der Waals surface area (Å²) in [4.78, 5) is 0.255. The fourth-order valence-electron chi connectivity index (χ4n) is 3.76. The Balaban J connectivity index is 2.15. The lowest BCUT2D eigenvalue weighted by atomic mass is 9.96. The summed E-state index contributed by atoms with van der Waals surface area (Å²) in [5.41, 5.74) is 3.04. The molecule has 1 aromatic heterocycles. The number of aryl methyl sites for hydroxylation is 2. The quantitative estimate of drug-likeness (QED) is 0.705. The maximum Gasteiger partial charge on any atom is 0.240 e. The number of para-hydroxylation sites is 1. The van der Waals surface area contributed by atoms with Crippen molar-refractivity contribution in [3.8, 4) is 6.07 Å². The molecule has 0 unspecified atom stereocenters. The van der Waals surface area contributed by atoms with Gasteiger partial charge in [-0.3, -0.25) is 0 Å². The molecule has 0 radical (unpaired) electrons. The number of nitrogens with zero attached hydrogens (tertiary/aromatic N) is 2. The van der Waals surface area contributed by atoms with E-state index in [0.717, 1.165) is 5.56 Å². The fraction of sp³-hybridized carbons (Fsp3) is 0.286. The van der Waals surface area contributed by atoms with Crippen molar-refractivity contribution < 1.29 is 12.8 Å². The van der Waals surface area contributed by atoms with E-state index in [0.29, 0.717) is 34.1 Å². The van der Waals surface area contributed by atoms with Gasteiger partial charge in [-0.25, -0.2) is 17.5 Å². The van der Waals surface area contributed by atoms with Crippen LogP contribution < -0.4 is 4.72 Å². The predicted molar refractivity (Wildman–Crippen MR) is 107 cm³/mol. The molecule has 2 aromatic carbocycles. The molecule has 1 heterocycles. The average molecular weight is 399 g/mol. The first kappa shape index (κ1) is 20.1. The second-order valence-electron chi connectivity index (χ2n) is 7.05. The molecule has 1 atom stereocenters. The monoisotopic (exact) mass is 399 g/mol. The van der Waals surface area contributed by atoms with Crippen LogP contribution in [0.25, 0.3) is 10.9 Å². The molecule has 0 aliphatic carbocycles. The maximum absolute atomic E-state index is 14.5. The Bertz CT molecular complexity index is 1210. The van der Waals surface area contributed by atoms with Crippen molar-refractivity contribution in [2.24, 2.45) is 0 Å². The van der Waals surface area contributed by atoms with Gasteiger partial charge in [0.15, 0.2) is 0 Å². The summed E-state index contributed by atoms with van der Waals surface area (Å²) in [6.45, 7) is 5.93. The van der Waals surface area contributed by atoms with Crippen LogP contribution >= 0.6 is 0 Å². The highest BCUT2D eigenvalue weighted by Gasteiger charge is 2.24. The molecule has 0 bridgehead atoms. The minimum Gasteiger partial charge on any atom is -0.343 e. The van der Waals surface area contributed by atoms with Gasteiger partial charge >= 0.3 is 0 Å². The van der Waals surface area contributed by atoms with Crippen molar-refractivity contribution in [2.45, 2.75) is 38.1 Å². The Kier molecular flexibility index (Phi) is 5.28. The third-order valence-corrected chi connectivity index (χ3v) is 6.59. The number of nitriles is 1. The summed E-state index contributed by atoms with van der Waals surface area (Å²) >= 11 is 0. The zero-order valence-electron chi connectivity index (χ0n) is 16.2. The van der Waals surface area contributed by atoms with E-state index in [4.69, 9.17) is 0 Å². The van der Waals surface area contributed by atoms with Crippen molar-refractivity contribution in [1.82, 2.24) is 9.29 Å². The molecule has 3 aromatic rings. The Morgan fingerprint density at radius 3 is 2.64 bits per heavy atom. The van der Waals surface area contributed by atoms with Crippen LogP contribution in [0.1, 0.15) is 35.1 Å². The Labute approximate surface area is 164 Å². The van der Waals surface area contributed by atoms with Crippen LogP contribution in [0.3, 0.4) is 0 Å². The molecular formula is C21H22FN3O2S. The average Bonchev–Trinajstić information content (AvgIpc) is 2.99. The summed E-state index contributed by atoms with van der Waals surface area (Å²) in [7, 11) is -2.26. The van der Waals surface area contributed by atoms with E-state index in [2.05, 4.69) is 10.8 Å². The smallest absolute Gasteiger partial charge is 0.240 e. The van der Waals surface area contributed by atoms with Crippen LogP contribution in [-0.2, 0) is 16.6 Å². The highest BCUT2D eigenvalue weighted by molar-refractivity contribution is 7.89. The third kappa shape index (κ3) is 3.41. The predicted octanol–water partition coefficient (Wildman–Crippen LogP) is 3.98. The molecule has 0 saturated heterocycles. The highest BCUT2D eigenvalue weighted by Crippen LogP contribution is 2.32. The molecule has 0 saturated carbocycles. The Morgan fingerprint density at radius 1 is 1.29 bits per heavy atom. The number of hydrogen-bond donors (Lipinski definition) is 1. The third-order valence-electron chi connectivity index (χ3n) is 4.96. The van der Waals surface area contributed by atoms with Gasteiger partial charge in [0, 0.05) is 24.0 Å². The number of sulfonamides is 1. The van der Waals surface area contributed by atoms with Gasteiger partial charge in [-0.1, -0.05) is 36.8 Å². The van der Waals surface area contributed by atoms with E-state index in [-0.39, 0.29) is 10.8 Å². The summed E-state index contributed by atoms with van der Waals surface area (Å²) in [5, 5.41) is 9.93. The van der Waals surface area contributed by atoms with E-state index in [1.807, 2.05) is 26.0 Å². The number of hydrogen-bond acceptors (Lipinski definition) is 3. The first-order valence-electron chi connectivity index (χ1n) is 8.91. The molecular weight excluding hydrogens is 377 g/mol. The number of nitrogens with one attached hydrogen (secondary N) is 1. The van der Waals surface area contributed by atoms with Crippen molar-refractivity contribution >= 4 is 20.9 Å². The molecule has 0 aliphatic heterocycles. The van der Waals surface area contributed by atoms with Crippen molar-refractivity contribution in [1.29, 1.82) is 5.26 Å². The second-order valence-corrected chi connectivity index (χ2v) is 8.88. The number of benzene rings is 2. The van der Waals surface area contributed by atoms with E-state index >= 15 is 0 Å². The van der Waals surface area contributed by atoms with Crippen LogP contribution in [0.15, 0.2) is 41.4 Å². The zero-order chi connectivity index (χ0) is 20.6. The van der Waals surface area contributed by atoms with Crippen molar-refractivity contribution in [3.05, 3.63) is 64.6 Å². The van der Waals surface area contributed by atoms with Crippen LogP contribution in [0, 0.1) is 31.0 Å². The fourth-order valence-corrected chi connectivity index (χ4v) is 5.02. The lowest BCUT2D eigenvalue weighted by Gasteiger charge is -2.20. The summed E-state index contributed by atoms with van der Waals surface area (Å²) in [6, 6.07) is 10.4. The van der Waals surface area contributed by atoms with Gasteiger partial charge in [-0.2, -0.15) is 5.26 Å². The summed E-state index contributed by atoms with van der Waals surface area (Å²) in [5.74, 6) is -0.631. The van der Waals surface area contributed by atoms with Crippen LogP contribution in [-0.4, -0.2) is 20.0 Å². The molecule has 5 nitrogen and oxygen atoms in total. The van der Waals surface area contributed by atoms with E-state index in [9.17, 15) is 18.1 Å². The lowest BCUT2D eigenvalue weighted by molar-refractivity contribution is 0.568. The number of rotatable bonds is 5. The number of aromatic nitrogens is 1. The van der Waals surface area contributed by atoms with Crippen LogP contribution in [0.2, 0.25) is 0 Å². The standard InChI is InChI=1S/C21H22FN3O2S/c1-13-8-14(2)21(28(26,27)24-4)18(9-13)15(3)11-25-12-16(10-23)17-6-5-7-19(22)20(17)25/h5-9,12,15,24H,11H2,1-4H3/t15-/m1/s1. The van der Waals surface area contributed by atoms with E-state index in [1.165, 1.54) is 13.1 Å². The van der Waals surface area contributed by atoms with Gasteiger partial charge in [-0.15, -0.1) is 0 Å². The number of fused-ring (bicyclic) bond motifs is 1.